The van der Waals surface area contributed by atoms with Gasteiger partial charge in [-0.15, -0.1) is 16.8 Å². The van der Waals surface area contributed by atoms with Crippen molar-refractivity contribution in [2.75, 3.05) is 11.1 Å². The number of anilines is 1. The number of carbonyl (C=O) groups excluding carboxylic acids is 1. The zero-order chi connectivity index (χ0) is 19.2. The Kier molecular flexibility index (Phi) is 6.47. The van der Waals surface area contributed by atoms with Crippen LogP contribution in [0.2, 0.25) is 0 Å². The van der Waals surface area contributed by atoms with E-state index < -0.39 is 0 Å². The normalized spacial score (nSPS) is 10.6. The first-order valence-electron chi connectivity index (χ1n) is 8.36. The molecule has 0 atom stereocenters. The lowest BCUT2D eigenvalue weighted by Crippen LogP contribution is -2.14. The highest BCUT2D eigenvalue weighted by Crippen LogP contribution is 2.25. The fourth-order valence-corrected chi connectivity index (χ4v) is 3.48. The molecule has 3 aromatic rings. The monoisotopic (exact) mass is 442 g/mol. The highest BCUT2D eigenvalue weighted by molar-refractivity contribution is 9.10. The molecule has 2 aromatic carbocycles. The highest BCUT2D eigenvalue weighted by Gasteiger charge is 2.15. The number of hydrogen-bond acceptors (Lipinski definition) is 4. The van der Waals surface area contributed by atoms with Crippen LogP contribution in [-0.4, -0.2) is 26.4 Å². The summed E-state index contributed by atoms with van der Waals surface area (Å²) >= 11 is 4.79. The largest absolute Gasteiger partial charge is 0.325 e. The van der Waals surface area contributed by atoms with Crippen LogP contribution in [0.5, 0.6) is 0 Å². The number of hydrogen-bond donors (Lipinski definition) is 1. The van der Waals surface area contributed by atoms with E-state index in [4.69, 9.17) is 0 Å². The second-order valence-electron chi connectivity index (χ2n) is 5.92. The summed E-state index contributed by atoms with van der Waals surface area (Å²) in [6.07, 6.45) is 1.79. The van der Waals surface area contributed by atoms with E-state index in [1.807, 2.05) is 60.0 Å². The van der Waals surface area contributed by atoms with Gasteiger partial charge in [-0.25, -0.2) is 0 Å². The molecule has 0 fully saturated rings. The van der Waals surface area contributed by atoms with E-state index in [1.54, 1.807) is 6.08 Å². The molecule has 0 aliphatic rings. The first kappa shape index (κ1) is 19.4. The predicted octanol–water partition coefficient (Wildman–Crippen LogP) is 4.93. The van der Waals surface area contributed by atoms with Crippen molar-refractivity contribution >= 4 is 39.3 Å². The molecule has 138 valence electrons. The molecule has 0 bridgehead atoms. The second-order valence-corrected chi connectivity index (χ2v) is 7.77. The van der Waals surface area contributed by atoms with Gasteiger partial charge < -0.3 is 5.32 Å². The Morgan fingerprint density at radius 3 is 2.56 bits per heavy atom. The number of nitrogens with one attached hydrogen (secondary N) is 1. The first-order chi connectivity index (χ1) is 13.1. The van der Waals surface area contributed by atoms with Crippen molar-refractivity contribution in [1.82, 2.24) is 14.8 Å². The van der Waals surface area contributed by atoms with Crippen LogP contribution in [0, 0.1) is 6.92 Å². The second kappa shape index (κ2) is 9.01. The van der Waals surface area contributed by atoms with Gasteiger partial charge in [-0.2, -0.15) is 0 Å². The quantitative estimate of drug-likeness (QED) is 0.416. The predicted molar refractivity (Wildman–Crippen MR) is 114 cm³/mol. The molecular formula is C20H19BrN4OS. The van der Waals surface area contributed by atoms with Crippen LogP contribution in [0.3, 0.4) is 0 Å². The van der Waals surface area contributed by atoms with Crippen LogP contribution < -0.4 is 5.32 Å². The minimum atomic E-state index is -0.0813. The summed E-state index contributed by atoms with van der Waals surface area (Å²) in [5, 5.41) is 12.1. The van der Waals surface area contributed by atoms with E-state index in [2.05, 4.69) is 38.0 Å². The number of amides is 1. The molecular weight excluding hydrogens is 424 g/mol. The Morgan fingerprint density at radius 2 is 1.89 bits per heavy atom. The fourth-order valence-electron chi connectivity index (χ4n) is 2.47. The summed E-state index contributed by atoms with van der Waals surface area (Å²) in [6, 6.07) is 15.6. The molecule has 1 amide bonds. The van der Waals surface area contributed by atoms with Crippen LogP contribution >= 0.6 is 27.7 Å². The maximum absolute atomic E-state index is 12.2. The minimum absolute atomic E-state index is 0.0813. The van der Waals surface area contributed by atoms with Gasteiger partial charge >= 0.3 is 0 Å². The maximum Gasteiger partial charge on any atom is 0.234 e. The van der Waals surface area contributed by atoms with Gasteiger partial charge in [0.25, 0.3) is 0 Å². The van der Waals surface area contributed by atoms with E-state index in [1.165, 1.54) is 11.8 Å². The van der Waals surface area contributed by atoms with Crippen LogP contribution in [0.1, 0.15) is 5.56 Å². The third-order valence-electron chi connectivity index (χ3n) is 3.80. The maximum atomic E-state index is 12.2. The van der Waals surface area contributed by atoms with E-state index >= 15 is 0 Å². The van der Waals surface area contributed by atoms with E-state index in [0.29, 0.717) is 11.7 Å². The fraction of sp³-hybridized carbons (Fsp3) is 0.150. The van der Waals surface area contributed by atoms with E-state index in [9.17, 15) is 4.79 Å². The summed E-state index contributed by atoms with van der Waals surface area (Å²) in [7, 11) is 0. The van der Waals surface area contributed by atoms with Crippen molar-refractivity contribution in [3.8, 4) is 11.4 Å². The van der Waals surface area contributed by atoms with Crippen LogP contribution in [0.4, 0.5) is 5.69 Å². The van der Waals surface area contributed by atoms with Gasteiger partial charge in [0.05, 0.1) is 5.75 Å². The number of benzene rings is 2. The molecule has 0 aliphatic heterocycles. The Balaban J connectivity index is 1.70. The molecule has 7 heteroatoms. The van der Waals surface area contributed by atoms with E-state index in [0.717, 1.165) is 27.1 Å². The Hall–Kier alpha value is -2.38. The molecule has 0 spiro atoms. The van der Waals surface area contributed by atoms with E-state index in [-0.39, 0.29) is 11.7 Å². The number of carbonyl (C=O) groups is 1. The molecule has 0 aliphatic carbocycles. The van der Waals surface area contributed by atoms with Gasteiger partial charge in [-0.1, -0.05) is 63.6 Å². The zero-order valence-electron chi connectivity index (χ0n) is 14.9. The number of rotatable bonds is 7. The van der Waals surface area contributed by atoms with Crippen molar-refractivity contribution in [3.05, 3.63) is 71.2 Å². The first-order valence-corrected chi connectivity index (χ1v) is 10.1. The lowest BCUT2D eigenvalue weighted by atomic mass is 10.2. The van der Waals surface area contributed by atoms with Crippen molar-refractivity contribution in [1.29, 1.82) is 0 Å². The Morgan fingerprint density at radius 1 is 1.19 bits per heavy atom. The topological polar surface area (TPSA) is 59.8 Å². The molecule has 1 aromatic heterocycles. The van der Waals surface area contributed by atoms with Crippen LogP contribution in [0.25, 0.3) is 11.4 Å². The molecule has 3 rings (SSSR count). The van der Waals surface area contributed by atoms with Gasteiger partial charge in [0.15, 0.2) is 11.0 Å². The van der Waals surface area contributed by atoms with Gasteiger partial charge in [0, 0.05) is 22.3 Å². The number of aromatic nitrogens is 3. The number of thioether (sulfide) groups is 1. The number of allylic oxidation sites excluding steroid dienone is 1. The van der Waals surface area contributed by atoms with Crippen molar-refractivity contribution in [2.24, 2.45) is 0 Å². The summed E-state index contributed by atoms with van der Waals surface area (Å²) in [6.45, 7) is 6.39. The van der Waals surface area contributed by atoms with Crippen molar-refractivity contribution < 1.29 is 4.79 Å². The smallest absolute Gasteiger partial charge is 0.234 e. The minimum Gasteiger partial charge on any atom is -0.325 e. The average Bonchev–Trinajstić information content (AvgIpc) is 3.06. The van der Waals surface area contributed by atoms with Crippen LogP contribution in [0.15, 0.2) is 70.8 Å². The lowest BCUT2D eigenvalue weighted by Gasteiger charge is -2.08. The third-order valence-corrected chi connectivity index (χ3v) is 5.29. The molecule has 0 saturated heterocycles. The zero-order valence-corrected chi connectivity index (χ0v) is 17.3. The summed E-state index contributed by atoms with van der Waals surface area (Å²) < 4.78 is 2.96. The molecule has 0 saturated carbocycles. The average molecular weight is 443 g/mol. The molecule has 0 radical (unpaired) electrons. The van der Waals surface area contributed by atoms with Gasteiger partial charge in [0.1, 0.15) is 0 Å². The number of aryl methyl sites for hydroxylation is 1. The van der Waals surface area contributed by atoms with Crippen molar-refractivity contribution in [3.63, 3.8) is 0 Å². The number of nitrogens with zero attached hydrogens (tertiary/aromatic N) is 3. The Bertz CT molecular complexity index is 936. The van der Waals surface area contributed by atoms with Crippen molar-refractivity contribution in [2.45, 2.75) is 18.6 Å². The van der Waals surface area contributed by atoms with Gasteiger partial charge in [-0.05, 0) is 31.2 Å². The molecule has 5 nitrogen and oxygen atoms in total. The SMILES string of the molecule is C=CCn1c(SCC(=O)Nc2ccc(C)cc2)nnc1-c1ccc(Br)cc1. The standard InChI is InChI=1S/C20H19BrN4OS/c1-3-12-25-19(15-6-8-16(21)9-7-15)23-24-20(25)27-13-18(26)22-17-10-4-14(2)5-11-17/h3-11H,1,12-13H2,2H3,(H,22,26). The summed E-state index contributed by atoms with van der Waals surface area (Å²) in [5.74, 6) is 0.926. The summed E-state index contributed by atoms with van der Waals surface area (Å²) in [4.78, 5) is 12.2. The van der Waals surface area contributed by atoms with Gasteiger partial charge in [0.2, 0.25) is 5.91 Å². The summed E-state index contributed by atoms with van der Waals surface area (Å²) in [5.41, 5.74) is 2.90. The lowest BCUT2D eigenvalue weighted by molar-refractivity contribution is -0.113. The van der Waals surface area contributed by atoms with Crippen LogP contribution in [-0.2, 0) is 11.3 Å². The molecule has 27 heavy (non-hydrogen) atoms. The number of halogens is 1. The molecule has 0 unspecified atom stereocenters. The third kappa shape index (κ3) is 5.08. The molecule has 1 heterocycles. The Labute approximate surface area is 171 Å². The highest BCUT2D eigenvalue weighted by atomic mass is 79.9. The van der Waals surface area contributed by atoms with Gasteiger partial charge in [-0.3, -0.25) is 9.36 Å². The molecule has 1 N–H and O–H groups in total.